The molecule has 2 aromatic carbocycles. The number of carbonyl (C=O) groups is 2. The lowest BCUT2D eigenvalue weighted by Crippen LogP contribution is -2.36. The Morgan fingerprint density at radius 2 is 1.71 bits per heavy atom. The summed E-state index contributed by atoms with van der Waals surface area (Å²) in [5.41, 5.74) is 0.141. The van der Waals surface area contributed by atoms with Gasteiger partial charge >= 0.3 is 6.09 Å². The van der Waals surface area contributed by atoms with Crippen LogP contribution in [0.3, 0.4) is 0 Å². The molecule has 0 bridgehead atoms. The minimum atomic E-state index is -0.629. The van der Waals surface area contributed by atoms with Crippen LogP contribution in [-0.4, -0.2) is 47.8 Å². The van der Waals surface area contributed by atoms with Crippen LogP contribution in [0.5, 0.6) is 11.5 Å². The van der Waals surface area contributed by atoms with Gasteiger partial charge in [0, 0.05) is 18.7 Å². The summed E-state index contributed by atoms with van der Waals surface area (Å²) < 4.78 is 17.0. The van der Waals surface area contributed by atoms with Crippen molar-refractivity contribution in [1.82, 2.24) is 4.90 Å². The van der Waals surface area contributed by atoms with E-state index in [1.807, 2.05) is 51.1 Å². The normalized spacial score (nSPS) is 17.0. The Bertz CT molecular complexity index is 877. The fourth-order valence-electron chi connectivity index (χ4n) is 3.13. The van der Waals surface area contributed by atoms with Gasteiger partial charge in [-0.05, 0) is 64.1 Å². The molecule has 1 fully saturated rings. The van der Waals surface area contributed by atoms with Crippen molar-refractivity contribution in [2.45, 2.75) is 51.9 Å². The van der Waals surface area contributed by atoms with Crippen molar-refractivity contribution in [2.75, 3.05) is 18.4 Å². The number of para-hydroxylation sites is 1. The maximum atomic E-state index is 12.4. The Labute approximate surface area is 183 Å². The van der Waals surface area contributed by atoms with E-state index in [9.17, 15) is 9.59 Å². The van der Waals surface area contributed by atoms with Crippen LogP contribution >= 0.6 is 0 Å². The quantitative estimate of drug-likeness (QED) is 0.737. The first-order chi connectivity index (χ1) is 14.7. The van der Waals surface area contributed by atoms with E-state index in [4.69, 9.17) is 14.2 Å². The van der Waals surface area contributed by atoms with Gasteiger partial charge in [0.25, 0.3) is 5.91 Å². The zero-order chi connectivity index (χ0) is 22.4. The Hall–Kier alpha value is -3.22. The Balaban J connectivity index is 1.47. The highest BCUT2D eigenvalue weighted by Gasteiger charge is 2.30. The van der Waals surface area contributed by atoms with Gasteiger partial charge in [0.05, 0.1) is 6.54 Å². The maximum absolute atomic E-state index is 12.4. The second-order valence-electron chi connectivity index (χ2n) is 8.54. The lowest BCUT2D eigenvalue weighted by molar-refractivity contribution is -0.122. The SMILES string of the molecule is CC(Oc1ccccc1)C(=O)Nc1ccc(OC2CCN(C(=O)OC(C)(C)C)C2)cc1. The molecule has 166 valence electrons. The fourth-order valence-corrected chi connectivity index (χ4v) is 3.13. The Morgan fingerprint density at radius 3 is 2.35 bits per heavy atom. The number of carbonyl (C=O) groups excluding carboxylic acids is 2. The molecule has 1 heterocycles. The van der Waals surface area contributed by atoms with Gasteiger partial charge in [-0.25, -0.2) is 4.79 Å². The van der Waals surface area contributed by atoms with Crippen LogP contribution in [-0.2, 0) is 9.53 Å². The first-order valence-electron chi connectivity index (χ1n) is 10.5. The smallest absolute Gasteiger partial charge is 0.410 e. The molecule has 31 heavy (non-hydrogen) atoms. The highest BCUT2D eigenvalue weighted by molar-refractivity contribution is 5.94. The van der Waals surface area contributed by atoms with Crippen molar-refractivity contribution in [3.63, 3.8) is 0 Å². The third kappa shape index (κ3) is 6.91. The summed E-state index contributed by atoms with van der Waals surface area (Å²) in [6.45, 7) is 8.35. The largest absolute Gasteiger partial charge is 0.489 e. The van der Waals surface area contributed by atoms with Gasteiger partial charge < -0.3 is 24.4 Å². The van der Waals surface area contributed by atoms with E-state index in [2.05, 4.69) is 5.32 Å². The summed E-state index contributed by atoms with van der Waals surface area (Å²) in [5, 5.41) is 2.84. The summed E-state index contributed by atoms with van der Waals surface area (Å²) >= 11 is 0. The van der Waals surface area contributed by atoms with Gasteiger partial charge in [-0.15, -0.1) is 0 Å². The standard InChI is InChI=1S/C24H30N2O5/c1-17(29-19-8-6-5-7-9-19)22(27)25-18-10-12-20(13-11-18)30-21-14-15-26(16-21)23(28)31-24(2,3)4/h5-13,17,21H,14-16H2,1-4H3,(H,25,27). The van der Waals surface area contributed by atoms with E-state index in [1.54, 1.807) is 36.1 Å². The third-order valence-electron chi connectivity index (χ3n) is 4.65. The molecule has 0 aromatic heterocycles. The second kappa shape index (κ2) is 9.73. The topological polar surface area (TPSA) is 77.1 Å². The van der Waals surface area contributed by atoms with Gasteiger partial charge in [0.2, 0.25) is 0 Å². The Kier molecular flexibility index (Phi) is 7.05. The highest BCUT2D eigenvalue weighted by atomic mass is 16.6. The van der Waals surface area contributed by atoms with Crippen molar-refractivity contribution in [3.05, 3.63) is 54.6 Å². The number of amides is 2. The number of anilines is 1. The number of ether oxygens (including phenoxy) is 3. The lowest BCUT2D eigenvalue weighted by atomic mass is 10.2. The van der Waals surface area contributed by atoms with Crippen molar-refractivity contribution >= 4 is 17.7 Å². The molecular formula is C24H30N2O5. The number of rotatable bonds is 6. The molecule has 1 aliphatic rings. The molecule has 1 N–H and O–H groups in total. The van der Waals surface area contributed by atoms with Crippen LogP contribution in [0.2, 0.25) is 0 Å². The number of benzene rings is 2. The number of hydrogen-bond acceptors (Lipinski definition) is 5. The zero-order valence-electron chi connectivity index (χ0n) is 18.5. The number of hydrogen-bond donors (Lipinski definition) is 1. The number of nitrogens with zero attached hydrogens (tertiary/aromatic N) is 1. The van der Waals surface area contributed by atoms with Gasteiger partial charge in [-0.2, -0.15) is 0 Å². The van der Waals surface area contributed by atoms with Gasteiger partial charge in [-0.1, -0.05) is 18.2 Å². The molecule has 1 saturated heterocycles. The maximum Gasteiger partial charge on any atom is 0.410 e. The third-order valence-corrected chi connectivity index (χ3v) is 4.65. The molecule has 2 aromatic rings. The first kappa shape index (κ1) is 22.5. The first-order valence-corrected chi connectivity index (χ1v) is 10.5. The van der Waals surface area contributed by atoms with Crippen LogP contribution in [0.4, 0.5) is 10.5 Å². The molecule has 2 atom stereocenters. The second-order valence-corrected chi connectivity index (χ2v) is 8.54. The molecule has 2 unspecified atom stereocenters. The number of nitrogens with one attached hydrogen (secondary N) is 1. The molecule has 0 aliphatic carbocycles. The molecule has 7 nitrogen and oxygen atoms in total. The molecule has 0 saturated carbocycles. The molecular weight excluding hydrogens is 396 g/mol. The molecule has 3 rings (SSSR count). The zero-order valence-corrected chi connectivity index (χ0v) is 18.5. The summed E-state index contributed by atoms with van der Waals surface area (Å²) in [4.78, 5) is 26.2. The van der Waals surface area contributed by atoms with Crippen LogP contribution < -0.4 is 14.8 Å². The summed E-state index contributed by atoms with van der Waals surface area (Å²) in [5.74, 6) is 1.09. The van der Waals surface area contributed by atoms with Crippen LogP contribution in [0, 0.1) is 0 Å². The van der Waals surface area contributed by atoms with E-state index in [0.29, 0.717) is 30.3 Å². The minimum Gasteiger partial charge on any atom is -0.489 e. The van der Waals surface area contributed by atoms with Crippen molar-refractivity contribution in [3.8, 4) is 11.5 Å². The fraction of sp³-hybridized carbons (Fsp3) is 0.417. The van der Waals surface area contributed by atoms with E-state index >= 15 is 0 Å². The molecule has 0 radical (unpaired) electrons. The summed E-state index contributed by atoms with van der Waals surface area (Å²) in [6, 6.07) is 16.4. The van der Waals surface area contributed by atoms with E-state index in [0.717, 1.165) is 6.42 Å². The predicted molar refractivity (Wildman–Crippen MR) is 118 cm³/mol. The average Bonchev–Trinajstić information content (AvgIpc) is 3.18. The number of likely N-dealkylation sites (tertiary alicyclic amines) is 1. The van der Waals surface area contributed by atoms with Crippen LogP contribution in [0.25, 0.3) is 0 Å². The highest BCUT2D eigenvalue weighted by Crippen LogP contribution is 2.22. The van der Waals surface area contributed by atoms with Crippen LogP contribution in [0.1, 0.15) is 34.1 Å². The van der Waals surface area contributed by atoms with Crippen LogP contribution in [0.15, 0.2) is 54.6 Å². The van der Waals surface area contributed by atoms with Crippen molar-refractivity contribution in [2.24, 2.45) is 0 Å². The lowest BCUT2D eigenvalue weighted by Gasteiger charge is -2.24. The van der Waals surface area contributed by atoms with Crippen molar-refractivity contribution in [1.29, 1.82) is 0 Å². The van der Waals surface area contributed by atoms with Crippen molar-refractivity contribution < 1.29 is 23.8 Å². The van der Waals surface area contributed by atoms with E-state index in [1.165, 1.54) is 0 Å². The molecule has 2 amide bonds. The average molecular weight is 427 g/mol. The van der Waals surface area contributed by atoms with Gasteiger partial charge in [0.15, 0.2) is 6.10 Å². The predicted octanol–water partition coefficient (Wildman–Crippen LogP) is 4.48. The Morgan fingerprint density at radius 1 is 1.03 bits per heavy atom. The van der Waals surface area contributed by atoms with E-state index < -0.39 is 11.7 Å². The molecule has 7 heteroatoms. The summed E-state index contributed by atoms with van der Waals surface area (Å²) in [6.07, 6.45) is -0.294. The summed E-state index contributed by atoms with van der Waals surface area (Å²) in [7, 11) is 0. The molecule has 1 aliphatic heterocycles. The van der Waals surface area contributed by atoms with Gasteiger partial charge in [-0.3, -0.25) is 4.79 Å². The molecule has 0 spiro atoms. The minimum absolute atomic E-state index is 0.0905. The van der Waals surface area contributed by atoms with E-state index in [-0.39, 0.29) is 18.1 Å². The monoisotopic (exact) mass is 426 g/mol. The van der Waals surface area contributed by atoms with Gasteiger partial charge in [0.1, 0.15) is 23.2 Å².